The van der Waals surface area contributed by atoms with Gasteiger partial charge in [0, 0.05) is 11.8 Å². The second-order valence-corrected chi connectivity index (χ2v) is 7.19. The monoisotopic (exact) mass is 492 g/mol. The van der Waals surface area contributed by atoms with Gasteiger partial charge >= 0.3 is 12.1 Å². The molecule has 180 valence electrons. The highest BCUT2D eigenvalue weighted by atomic mass is 19.4. The van der Waals surface area contributed by atoms with Crippen molar-refractivity contribution in [2.45, 2.75) is 12.7 Å². The lowest BCUT2D eigenvalue weighted by Gasteiger charge is -2.07. The molecule has 4 aromatic heterocycles. The summed E-state index contributed by atoms with van der Waals surface area (Å²) >= 11 is 0. The molecule has 0 unspecified atom stereocenters. The fraction of sp³-hybridized carbons (Fsp3) is 0.0870. The Labute approximate surface area is 201 Å². The number of pyridine rings is 1. The third kappa shape index (κ3) is 5.33. The molecule has 0 aliphatic heterocycles. The van der Waals surface area contributed by atoms with Gasteiger partial charge in [0.1, 0.15) is 12.7 Å². The van der Waals surface area contributed by atoms with Gasteiger partial charge in [-0.2, -0.15) is 23.5 Å². The molecular weight excluding hydrogens is 477 g/mol. The van der Waals surface area contributed by atoms with Crippen molar-refractivity contribution in [3.8, 4) is 28.7 Å². The Bertz CT molecular complexity index is 1560. The number of alkyl halides is 3. The van der Waals surface area contributed by atoms with E-state index in [2.05, 4.69) is 26.1 Å². The SMILES string of the molecule is N#Cc1ccccc1-c1cccc(-c2cnc3nc(Cn4cncn4)ccn23)n1.O=C(O)C(F)(F)F. The number of halogens is 3. The van der Waals surface area contributed by atoms with Gasteiger partial charge in [0.15, 0.2) is 0 Å². The highest BCUT2D eigenvalue weighted by molar-refractivity contribution is 5.73. The molecule has 1 aromatic carbocycles. The minimum absolute atomic E-state index is 0.525. The number of carboxylic acid groups (broad SMARTS) is 1. The molecule has 1 N–H and O–H groups in total. The van der Waals surface area contributed by atoms with E-state index in [1.54, 1.807) is 23.3 Å². The molecule has 0 aliphatic carbocycles. The first-order valence-electron chi connectivity index (χ1n) is 10.2. The van der Waals surface area contributed by atoms with Crippen LogP contribution in [0.1, 0.15) is 11.3 Å². The molecule has 36 heavy (non-hydrogen) atoms. The number of hydrogen-bond acceptors (Lipinski definition) is 7. The standard InChI is InChI=1S/C21H14N8.C2HF3O2/c22-10-15-4-1-2-5-17(15)18-6-3-7-19(27-18)20-11-24-21-26-16(8-9-29(20)21)12-28-14-23-13-25-28;3-2(4,5)1(6)7/h1-9,11,13-14H,12H2;(H,6,7). The lowest BCUT2D eigenvalue weighted by Crippen LogP contribution is -2.21. The second kappa shape index (κ2) is 10.0. The van der Waals surface area contributed by atoms with Crippen LogP contribution in [-0.2, 0) is 11.3 Å². The van der Waals surface area contributed by atoms with Crippen LogP contribution in [0.4, 0.5) is 13.2 Å². The second-order valence-electron chi connectivity index (χ2n) is 7.19. The predicted molar refractivity (Wildman–Crippen MR) is 119 cm³/mol. The molecule has 0 bridgehead atoms. The van der Waals surface area contributed by atoms with E-state index in [4.69, 9.17) is 14.9 Å². The third-order valence-corrected chi connectivity index (χ3v) is 4.80. The van der Waals surface area contributed by atoms with Gasteiger partial charge in [-0.15, -0.1) is 0 Å². The maximum Gasteiger partial charge on any atom is 0.490 e. The number of benzene rings is 1. The van der Waals surface area contributed by atoms with E-state index in [-0.39, 0.29) is 0 Å². The summed E-state index contributed by atoms with van der Waals surface area (Å²) in [6.07, 6.45) is 1.74. The van der Waals surface area contributed by atoms with Crippen molar-refractivity contribution in [1.82, 2.24) is 34.1 Å². The highest BCUT2D eigenvalue weighted by Crippen LogP contribution is 2.25. The largest absolute Gasteiger partial charge is 0.490 e. The summed E-state index contributed by atoms with van der Waals surface area (Å²) < 4.78 is 35.3. The predicted octanol–water partition coefficient (Wildman–Crippen LogP) is 3.60. The molecule has 0 fully saturated rings. The van der Waals surface area contributed by atoms with Crippen LogP contribution < -0.4 is 0 Å². The van der Waals surface area contributed by atoms with E-state index >= 15 is 0 Å². The molecule has 0 radical (unpaired) electrons. The number of carbonyl (C=O) groups is 1. The quantitative estimate of drug-likeness (QED) is 0.402. The molecule has 4 heterocycles. The Morgan fingerprint density at radius 3 is 2.50 bits per heavy atom. The Morgan fingerprint density at radius 1 is 1.06 bits per heavy atom. The van der Waals surface area contributed by atoms with E-state index in [0.29, 0.717) is 17.9 Å². The van der Waals surface area contributed by atoms with E-state index in [1.807, 2.05) is 53.1 Å². The summed E-state index contributed by atoms with van der Waals surface area (Å²) in [4.78, 5) is 26.6. The summed E-state index contributed by atoms with van der Waals surface area (Å²) in [5.74, 6) is -2.17. The Hall–Kier alpha value is -5.12. The minimum Gasteiger partial charge on any atom is -0.475 e. The van der Waals surface area contributed by atoms with Crippen LogP contribution in [0.15, 0.2) is 73.6 Å². The van der Waals surface area contributed by atoms with Gasteiger partial charge in [0.05, 0.1) is 47.1 Å². The summed E-state index contributed by atoms with van der Waals surface area (Å²) in [6, 6.07) is 17.3. The Kier molecular flexibility index (Phi) is 6.68. The summed E-state index contributed by atoms with van der Waals surface area (Å²) in [5, 5.41) is 20.6. The number of aromatic nitrogens is 7. The van der Waals surface area contributed by atoms with Crippen molar-refractivity contribution in [1.29, 1.82) is 5.26 Å². The maximum atomic E-state index is 10.6. The molecule has 0 spiro atoms. The number of aliphatic carboxylic acids is 1. The van der Waals surface area contributed by atoms with Gasteiger partial charge in [-0.1, -0.05) is 24.3 Å². The number of hydrogen-bond donors (Lipinski definition) is 1. The van der Waals surface area contributed by atoms with E-state index in [0.717, 1.165) is 28.3 Å². The van der Waals surface area contributed by atoms with Crippen molar-refractivity contribution in [3.63, 3.8) is 0 Å². The minimum atomic E-state index is -5.08. The first-order valence-corrected chi connectivity index (χ1v) is 10.2. The van der Waals surface area contributed by atoms with Gasteiger partial charge < -0.3 is 5.11 Å². The number of carboxylic acids is 1. The van der Waals surface area contributed by atoms with Crippen molar-refractivity contribution in [3.05, 3.63) is 84.8 Å². The average Bonchev–Trinajstić information content (AvgIpc) is 3.53. The molecule has 5 aromatic rings. The fourth-order valence-corrected chi connectivity index (χ4v) is 3.20. The lowest BCUT2D eigenvalue weighted by atomic mass is 10.0. The zero-order valence-electron chi connectivity index (χ0n) is 18.2. The number of imidazole rings is 1. The van der Waals surface area contributed by atoms with E-state index in [1.165, 1.54) is 6.33 Å². The molecule has 5 rings (SSSR count). The van der Waals surface area contributed by atoms with Crippen LogP contribution in [0.25, 0.3) is 28.4 Å². The van der Waals surface area contributed by atoms with Gasteiger partial charge in [-0.25, -0.2) is 29.4 Å². The summed E-state index contributed by atoms with van der Waals surface area (Å²) in [5.41, 5.74) is 4.56. The zero-order chi connectivity index (χ0) is 25.7. The van der Waals surface area contributed by atoms with Crippen LogP contribution in [0.5, 0.6) is 0 Å². The summed E-state index contributed by atoms with van der Waals surface area (Å²) in [7, 11) is 0. The molecule has 13 heteroatoms. The van der Waals surface area contributed by atoms with Crippen molar-refractivity contribution >= 4 is 11.7 Å². The van der Waals surface area contributed by atoms with Gasteiger partial charge in [0.25, 0.3) is 0 Å². The molecule has 0 amide bonds. The van der Waals surface area contributed by atoms with Crippen molar-refractivity contribution in [2.24, 2.45) is 0 Å². The molecular formula is C23H15F3N8O2. The van der Waals surface area contributed by atoms with Gasteiger partial charge in [-0.05, 0) is 24.3 Å². The smallest absolute Gasteiger partial charge is 0.475 e. The van der Waals surface area contributed by atoms with Crippen LogP contribution in [0.2, 0.25) is 0 Å². The first kappa shape index (κ1) is 24.0. The molecule has 0 saturated heterocycles. The zero-order valence-corrected chi connectivity index (χ0v) is 18.2. The highest BCUT2D eigenvalue weighted by Gasteiger charge is 2.38. The topological polar surface area (TPSA) is 135 Å². The normalized spacial score (nSPS) is 10.9. The van der Waals surface area contributed by atoms with E-state index < -0.39 is 12.1 Å². The number of fused-ring (bicyclic) bond motifs is 1. The molecule has 0 saturated carbocycles. The number of nitriles is 1. The van der Waals surface area contributed by atoms with Crippen molar-refractivity contribution in [2.75, 3.05) is 0 Å². The Morgan fingerprint density at radius 2 is 1.81 bits per heavy atom. The molecule has 0 atom stereocenters. The van der Waals surface area contributed by atoms with Gasteiger partial charge in [0.2, 0.25) is 5.78 Å². The third-order valence-electron chi connectivity index (χ3n) is 4.80. The molecule has 10 nitrogen and oxygen atoms in total. The first-order chi connectivity index (χ1) is 17.3. The summed E-state index contributed by atoms with van der Waals surface area (Å²) in [6.45, 7) is 0.525. The van der Waals surface area contributed by atoms with Crippen molar-refractivity contribution < 1.29 is 23.1 Å². The van der Waals surface area contributed by atoms with Crippen LogP contribution >= 0.6 is 0 Å². The van der Waals surface area contributed by atoms with Crippen LogP contribution in [-0.4, -0.2) is 51.4 Å². The average molecular weight is 492 g/mol. The Balaban J connectivity index is 0.000000384. The maximum absolute atomic E-state index is 10.6. The molecule has 0 aliphatic rings. The fourth-order valence-electron chi connectivity index (χ4n) is 3.20. The van der Waals surface area contributed by atoms with Crippen LogP contribution in [0.3, 0.4) is 0 Å². The van der Waals surface area contributed by atoms with E-state index in [9.17, 15) is 18.4 Å². The number of rotatable bonds is 4. The number of nitrogens with zero attached hydrogens (tertiary/aromatic N) is 8. The van der Waals surface area contributed by atoms with Gasteiger partial charge in [-0.3, -0.25) is 4.40 Å². The van der Waals surface area contributed by atoms with Crippen LogP contribution in [0, 0.1) is 11.3 Å². The lowest BCUT2D eigenvalue weighted by molar-refractivity contribution is -0.192.